The maximum atomic E-state index is 13.4. The number of nitrogens with zero attached hydrogens (tertiary/aromatic N) is 4. The van der Waals surface area contributed by atoms with Gasteiger partial charge in [-0.2, -0.15) is 4.98 Å². The number of sulfone groups is 1. The summed E-state index contributed by atoms with van der Waals surface area (Å²) >= 11 is 0. The number of aryl methyl sites for hydroxylation is 2. The molecule has 9 nitrogen and oxygen atoms in total. The molecule has 4 aromatic rings. The van der Waals surface area contributed by atoms with Crippen LogP contribution in [0, 0.1) is 19.3 Å². The molecule has 2 N–H and O–H groups in total. The molecule has 0 atom stereocenters. The van der Waals surface area contributed by atoms with E-state index in [4.69, 9.17) is 0 Å². The van der Waals surface area contributed by atoms with E-state index in [2.05, 4.69) is 20.2 Å². The van der Waals surface area contributed by atoms with E-state index in [1.807, 2.05) is 26.0 Å². The minimum absolute atomic E-state index is 0.0234. The van der Waals surface area contributed by atoms with Gasteiger partial charge in [-0.05, 0) is 63.4 Å². The number of anilines is 1. The molecule has 2 aromatic heterocycles. The van der Waals surface area contributed by atoms with E-state index in [1.54, 1.807) is 31.2 Å². The van der Waals surface area contributed by atoms with Gasteiger partial charge in [-0.25, -0.2) is 18.1 Å². The Hall–Kier alpha value is -3.24. The zero-order valence-electron chi connectivity index (χ0n) is 19.2. The molecule has 0 radical (unpaired) electrons. The van der Waals surface area contributed by atoms with Gasteiger partial charge in [-0.1, -0.05) is 17.7 Å². The molecule has 10 heteroatoms. The summed E-state index contributed by atoms with van der Waals surface area (Å²) in [5.41, 5.74) is 2.06. The summed E-state index contributed by atoms with van der Waals surface area (Å²) in [7, 11) is -4.00. The molecular formula is C24H25N5O4S. The fourth-order valence-corrected chi connectivity index (χ4v) is 7.39. The van der Waals surface area contributed by atoms with Crippen LogP contribution in [0.25, 0.3) is 16.6 Å². The summed E-state index contributed by atoms with van der Waals surface area (Å²) in [5, 5.41) is 17.0. The lowest BCUT2D eigenvalue weighted by atomic mass is 9.56. The lowest BCUT2D eigenvalue weighted by Gasteiger charge is -2.62. The quantitative estimate of drug-likeness (QED) is 0.463. The summed E-state index contributed by atoms with van der Waals surface area (Å²) < 4.78 is 28.3. The van der Waals surface area contributed by atoms with Crippen LogP contribution in [-0.4, -0.2) is 52.0 Å². The Morgan fingerprint density at radius 3 is 2.50 bits per heavy atom. The molecule has 1 saturated carbocycles. The zero-order chi connectivity index (χ0) is 24.0. The summed E-state index contributed by atoms with van der Waals surface area (Å²) in [6, 6.07) is 10.5. The second kappa shape index (κ2) is 6.67. The maximum absolute atomic E-state index is 13.4. The predicted molar refractivity (Wildman–Crippen MR) is 127 cm³/mol. The molecule has 3 heterocycles. The van der Waals surface area contributed by atoms with Crippen LogP contribution in [0.5, 0.6) is 0 Å². The van der Waals surface area contributed by atoms with Crippen molar-refractivity contribution in [3.63, 3.8) is 0 Å². The molecule has 6 rings (SSSR count). The molecule has 34 heavy (non-hydrogen) atoms. The van der Waals surface area contributed by atoms with E-state index in [9.17, 15) is 18.3 Å². The van der Waals surface area contributed by atoms with Crippen LogP contribution in [0.15, 0.2) is 51.1 Å². The Morgan fingerprint density at radius 1 is 1.09 bits per heavy atom. The van der Waals surface area contributed by atoms with Crippen LogP contribution < -0.4 is 10.5 Å². The topological polar surface area (TPSA) is 121 Å². The summed E-state index contributed by atoms with van der Waals surface area (Å²) in [6.07, 6.45) is 1.58. The van der Waals surface area contributed by atoms with Crippen LogP contribution in [0.3, 0.4) is 0 Å². The standard InChI is InChI=1S/C24H25N5O4S/c1-14-4-7-19(15(2)8-14)34(32,33)22-20-25-21(30)17-6-5-16(9-18(17)29(20)27-26-22)28-12-24(13-28)10-23(3,31)11-24/h4-9,27,31H,10-13H2,1-3H3. The summed E-state index contributed by atoms with van der Waals surface area (Å²) in [4.78, 5) is 19.2. The van der Waals surface area contributed by atoms with Crippen molar-refractivity contribution in [3.05, 3.63) is 57.9 Å². The normalized spacial score (nSPS) is 18.9. The van der Waals surface area contributed by atoms with Crippen molar-refractivity contribution in [2.24, 2.45) is 5.41 Å². The number of aliphatic hydroxyl groups is 1. The highest BCUT2D eigenvalue weighted by atomic mass is 32.2. The second-order valence-electron chi connectivity index (χ2n) is 10.3. The summed E-state index contributed by atoms with van der Waals surface area (Å²) in [5.74, 6) is 0. The first kappa shape index (κ1) is 21.3. The van der Waals surface area contributed by atoms with Gasteiger partial charge >= 0.3 is 0 Å². The van der Waals surface area contributed by atoms with Gasteiger partial charge in [0.25, 0.3) is 5.56 Å². The maximum Gasteiger partial charge on any atom is 0.281 e. The number of fused-ring (bicyclic) bond motifs is 3. The molecule has 0 amide bonds. The van der Waals surface area contributed by atoms with E-state index in [1.165, 1.54) is 4.52 Å². The number of hydrogen-bond acceptors (Lipinski definition) is 7. The van der Waals surface area contributed by atoms with E-state index < -0.39 is 21.0 Å². The third-order valence-corrected chi connectivity index (χ3v) is 8.94. The number of benzene rings is 2. The molecular weight excluding hydrogens is 454 g/mol. The van der Waals surface area contributed by atoms with Gasteiger partial charge in [0.1, 0.15) is 0 Å². The third kappa shape index (κ3) is 3.01. The van der Waals surface area contributed by atoms with E-state index in [0.717, 1.165) is 37.2 Å². The van der Waals surface area contributed by atoms with Crippen LogP contribution in [0.4, 0.5) is 5.69 Å². The Bertz CT molecular complexity index is 1650. The minimum atomic E-state index is -4.00. The first-order valence-electron chi connectivity index (χ1n) is 11.2. The van der Waals surface area contributed by atoms with Crippen LogP contribution in [-0.2, 0) is 9.84 Å². The highest BCUT2D eigenvalue weighted by molar-refractivity contribution is 7.91. The summed E-state index contributed by atoms with van der Waals surface area (Å²) in [6.45, 7) is 7.18. The molecule has 1 aliphatic heterocycles. The Morgan fingerprint density at radius 2 is 1.82 bits per heavy atom. The molecule has 0 unspecified atom stereocenters. The van der Waals surface area contributed by atoms with Crippen LogP contribution >= 0.6 is 0 Å². The van der Waals surface area contributed by atoms with E-state index >= 15 is 0 Å². The molecule has 1 spiro atoms. The third-order valence-electron chi connectivity index (χ3n) is 7.12. The molecule has 1 saturated heterocycles. The molecule has 1 aliphatic carbocycles. The average Bonchev–Trinajstić information content (AvgIpc) is 3.14. The smallest absolute Gasteiger partial charge is 0.281 e. The highest BCUT2D eigenvalue weighted by Gasteiger charge is 2.57. The Kier molecular flexibility index (Phi) is 4.18. The van der Waals surface area contributed by atoms with Gasteiger partial charge in [0.05, 0.1) is 21.4 Å². The number of nitrogens with one attached hydrogen (secondary N) is 1. The second-order valence-corrected chi connectivity index (χ2v) is 12.1. The molecule has 176 valence electrons. The monoisotopic (exact) mass is 479 g/mol. The first-order valence-corrected chi connectivity index (χ1v) is 12.7. The first-order chi connectivity index (χ1) is 16.0. The average molecular weight is 480 g/mol. The lowest BCUT2D eigenvalue weighted by Crippen LogP contribution is -2.67. The molecule has 0 bridgehead atoms. The van der Waals surface area contributed by atoms with Crippen molar-refractivity contribution in [2.45, 2.75) is 49.1 Å². The van der Waals surface area contributed by atoms with Crippen molar-refractivity contribution in [2.75, 3.05) is 18.0 Å². The number of rotatable bonds is 3. The highest BCUT2D eigenvalue weighted by Crippen LogP contribution is 2.54. The molecule has 2 aliphatic rings. The van der Waals surface area contributed by atoms with Gasteiger partial charge in [0.2, 0.25) is 14.9 Å². The Labute approximate surface area is 195 Å². The van der Waals surface area contributed by atoms with Crippen molar-refractivity contribution in [1.29, 1.82) is 0 Å². The molecule has 2 fully saturated rings. The largest absolute Gasteiger partial charge is 0.390 e. The van der Waals surface area contributed by atoms with Crippen molar-refractivity contribution < 1.29 is 13.5 Å². The number of hydrogen-bond donors (Lipinski definition) is 2. The Balaban J connectivity index is 1.44. The fourth-order valence-electron chi connectivity index (χ4n) is 5.91. The SMILES string of the molecule is Cc1ccc(S(=O)(=O)c2n[nH]n3c2nc(=O)c2ccc(N4CC5(C4)CC(C)(O)C5)cc23)c(C)c1. The van der Waals surface area contributed by atoms with E-state index in [-0.39, 0.29) is 21.0 Å². The van der Waals surface area contributed by atoms with Crippen molar-refractivity contribution >= 4 is 32.1 Å². The molecule has 2 aromatic carbocycles. The van der Waals surface area contributed by atoms with Gasteiger partial charge in [0, 0.05) is 24.2 Å². The van der Waals surface area contributed by atoms with Gasteiger partial charge in [0.15, 0.2) is 5.65 Å². The van der Waals surface area contributed by atoms with Gasteiger partial charge < -0.3 is 10.0 Å². The fraction of sp³-hybridized carbons (Fsp3) is 0.375. The minimum Gasteiger partial charge on any atom is -0.390 e. The van der Waals surface area contributed by atoms with Crippen molar-refractivity contribution in [1.82, 2.24) is 19.8 Å². The number of aromatic amines is 1. The van der Waals surface area contributed by atoms with Crippen LogP contribution in [0.1, 0.15) is 30.9 Å². The van der Waals surface area contributed by atoms with E-state index in [0.29, 0.717) is 16.5 Å². The number of aromatic nitrogens is 4. The van der Waals surface area contributed by atoms with Crippen LogP contribution in [0.2, 0.25) is 0 Å². The predicted octanol–water partition coefficient (Wildman–Crippen LogP) is 2.37. The lowest BCUT2D eigenvalue weighted by molar-refractivity contribution is -0.126. The van der Waals surface area contributed by atoms with Crippen molar-refractivity contribution in [3.8, 4) is 0 Å². The van der Waals surface area contributed by atoms with Gasteiger partial charge in [-0.3, -0.25) is 4.79 Å². The van der Waals surface area contributed by atoms with Gasteiger partial charge in [-0.15, -0.1) is 5.10 Å². The number of H-pyrrole nitrogens is 1. The zero-order valence-corrected chi connectivity index (χ0v) is 20.0.